The molecule has 20 heavy (non-hydrogen) atoms. The molecule has 0 radical (unpaired) electrons. The molecular weight excluding hydrogens is 272 g/mol. The van der Waals surface area contributed by atoms with Gasteiger partial charge in [-0.25, -0.2) is 8.42 Å². The fourth-order valence-electron chi connectivity index (χ4n) is 2.78. The highest BCUT2D eigenvalue weighted by Crippen LogP contribution is 2.36. The molecule has 1 aliphatic heterocycles. The Bertz CT molecular complexity index is 714. The van der Waals surface area contributed by atoms with Crippen LogP contribution in [0.15, 0.2) is 48.8 Å². The molecule has 5 heteroatoms. The normalized spacial score (nSPS) is 19.6. The molecule has 2 heterocycles. The lowest BCUT2D eigenvalue weighted by molar-refractivity contribution is 0.346. The predicted octanol–water partition coefficient (Wildman–Crippen LogP) is 1.99. The zero-order valence-electron chi connectivity index (χ0n) is 11.2. The topological polar surface area (TPSA) is 50.3 Å². The highest BCUT2D eigenvalue weighted by atomic mass is 32.2. The molecule has 1 unspecified atom stereocenters. The van der Waals surface area contributed by atoms with E-state index in [0.717, 1.165) is 17.5 Å². The van der Waals surface area contributed by atoms with Crippen LogP contribution >= 0.6 is 0 Å². The van der Waals surface area contributed by atoms with Gasteiger partial charge in [0.1, 0.15) is 0 Å². The van der Waals surface area contributed by atoms with Gasteiger partial charge in [0.15, 0.2) is 0 Å². The number of rotatable bonds is 2. The Morgan fingerprint density at radius 3 is 2.70 bits per heavy atom. The van der Waals surface area contributed by atoms with E-state index in [1.165, 1.54) is 11.8 Å². The maximum absolute atomic E-state index is 12.1. The molecule has 3 rings (SSSR count). The molecule has 1 aromatic heterocycles. The number of fused-ring (bicyclic) bond motifs is 1. The lowest BCUT2D eigenvalue weighted by atomic mass is 9.91. The Kier molecular flexibility index (Phi) is 3.31. The first-order valence-electron chi connectivity index (χ1n) is 6.52. The highest BCUT2D eigenvalue weighted by Gasteiger charge is 2.34. The Hall–Kier alpha value is -1.72. The second-order valence-electron chi connectivity index (χ2n) is 5.01. The fraction of sp³-hybridized carbons (Fsp3) is 0.267. The van der Waals surface area contributed by atoms with Gasteiger partial charge in [0.2, 0.25) is 10.0 Å². The zero-order chi connectivity index (χ0) is 14.2. The van der Waals surface area contributed by atoms with Crippen LogP contribution in [-0.2, 0) is 16.4 Å². The Labute approximate surface area is 119 Å². The van der Waals surface area contributed by atoms with E-state index in [2.05, 4.69) is 11.1 Å². The van der Waals surface area contributed by atoms with E-state index in [4.69, 9.17) is 0 Å². The van der Waals surface area contributed by atoms with Crippen molar-refractivity contribution >= 4 is 10.0 Å². The highest BCUT2D eigenvalue weighted by molar-refractivity contribution is 7.88. The maximum atomic E-state index is 12.1. The van der Waals surface area contributed by atoms with Crippen molar-refractivity contribution in [3.05, 3.63) is 65.5 Å². The molecule has 0 spiro atoms. The first-order valence-corrected chi connectivity index (χ1v) is 8.37. The minimum absolute atomic E-state index is 0.274. The molecule has 0 bridgehead atoms. The summed E-state index contributed by atoms with van der Waals surface area (Å²) in [5, 5.41) is 0. The summed E-state index contributed by atoms with van der Waals surface area (Å²) in [7, 11) is -3.26. The predicted molar refractivity (Wildman–Crippen MR) is 77.8 cm³/mol. The van der Waals surface area contributed by atoms with Gasteiger partial charge in [0.05, 0.1) is 12.3 Å². The monoisotopic (exact) mass is 288 g/mol. The molecule has 0 N–H and O–H groups in total. The van der Waals surface area contributed by atoms with E-state index >= 15 is 0 Å². The van der Waals surface area contributed by atoms with Crippen LogP contribution in [0.25, 0.3) is 0 Å². The van der Waals surface area contributed by atoms with E-state index in [1.807, 2.05) is 30.3 Å². The van der Waals surface area contributed by atoms with Crippen LogP contribution in [0.4, 0.5) is 0 Å². The lowest BCUT2D eigenvalue weighted by Gasteiger charge is -2.35. The molecule has 4 nitrogen and oxygen atoms in total. The molecule has 0 aliphatic carbocycles. The number of sulfonamides is 1. The van der Waals surface area contributed by atoms with Gasteiger partial charge in [-0.2, -0.15) is 4.31 Å². The molecule has 0 saturated carbocycles. The second kappa shape index (κ2) is 5.00. The van der Waals surface area contributed by atoms with Crippen molar-refractivity contribution in [2.45, 2.75) is 12.5 Å². The minimum Gasteiger partial charge on any atom is -0.264 e. The van der Waals surface area contributed by atoms with Crippen LogP contribution in [0.1, 0.15) is 22.7 Å². The van der Waals surface area contributed by atoms with Crippen molar-refractivity contribution in [2.24, 2.45) is 0 Å². The third-order valence-electron chi connectivity index (χ3n) is 3.67. The first-order chi connectivity index (χ1) is 9.57. The second-order valence-corrected chi connectivity index (χ2v) is 6.95. The van der Waals surface area contributed by atoms with Crippen LogP contribution in [0, 0.1) is 0 Å². The summed E-state index contributed by atoms with van der Waals surface area (Å²) in [5.41, 5.74) is 3.17. The summed E-state index contributed by atoms with van der Waals surface area (Å²) in [4.78, 5) is 4.13. The van der Waals surface area contributed by atoms with Crippen LogP contribution in [0.2, 0.25) is 0 Å². The van der Waals surface area contributed by atoms with E-state index in [0.29, 0.717) is 6.54 Å². The Morgan fingerprint density at radius 1 is 1.20 bits per heavy atom. The molecule has 2 aromatic rings. The summed E-state index contributed by atoms with van der Waals surface area (Å²) in [6.07, 6.45) is 5.46. The van der Waals surface area contributed by atoms with Crippen LogP contribution in [-0.4, -0.2) is 30.5 Å². The van der Waals surface area contributed by atoms with E-state index < -0.39 is 10.0 Å². The third-order valence-corrected chi connectivity index (χ3v) is 4.91. The average Bonchev–Trinajstić information content (AvgIpc) is 2.46. The minimum atomic E-state index is -3.26. The van der Waals surface area contributed by atoms with Gasteiger partial charge in [-0.05, 0) is 29.2 Å². The van der Waals surface area contributed by atoms with Gasteiger partial charge < -0.3 is 0 Å². The van der Waals surface area contributed by atoms with Crippen molar-refractivity contribution in [3.63, 3.8) is 0 Å². The number of hydrogen-bond acceptors (Lipinski definition) is 3. The number of aromatic nitrogens is 1. The fourth-order valence-corrected chi connectivity index (χ4v) is 3.83. The molecular formula is C15H16N2O2S. The third kappa shape index (κ3) is 2.34. The van der Waals surface area contributed by atoms with E-state index in [-0.39, 0.29) is 6.04 Å². The standard InChI is InChI=1S/C15H16N2O2S/c1-20(18,19)17-10-8-12-5-2-3-7-14(12)15(17)13-6-4-9-16-11-13/h2-7,9,11,15H,8,10H2,1H3. The Balaban J connectivity index is 2.18. The van der Waals surface area contributed by atoms with Crippen molar-refractivity contribution < 1.29 is 8.42 Å². The molecule has 0 amide bonds. The molecule has 104 valence electrons. The largest absolute Gasteiger partial charge is 0.264 e. The van der Waals surface area contributed by atoms with Crippen molar-refractivity contribution in [2.75, 3.05) is 12.8 Å². The smallest absolute Gasteiger partial charge is 0.212 e. The molecule has 1 aromatic carbocycles. The first kappa shape index (κ1) is 13.3. The number of benzene rings is 1. The number of pyridine rings is 1. The van der Waals surface area contributed by atoms with Gasteiger partial charge in [-0.15, -0.1) is 0 Å². The summed E-state index contributed by atoms with van der Waals surface area (Å²) in [6, 6.07) is 11.5. The van der Waals surface area contributed by atoms with Gasteiger partial charge in [0.25, 0.3) is 0 Å². The molecule has 0 fully saturated rings. The summed E-state index contributed by atoms with van der Waals surface area (Å²) in [6.45, 7) is 0.509. The Morgan fingerprint density at radius 2 is 2.00 bits per heavy atom. The number of nitrogens with zero attached hydrogens (tertiary/aromatic N) is 2. The lowest BCUT2D eigenvalue weighted by Crippen LogP contribution is -2.39. The van der Waals surface area contributed by atoms with Gasteiger partial charge in [-0.3, -0.25) is 4.98 Å². The van der Waals surface area contributed by atoms with Crippen LogP contribution in [0.5, 0.6) is 0 Å². The summed E-state index contributed by atoms with van der Waals surface area (Å²) < 4.78 is 25.7. The molecule has 0 saturated heterocycles. The maximum Gasteiger partial charge on any atom is 0.212 e. The van der Waals surface area contributed by atoms with Crippen molar-refractivity contribution in [1.82, 2.24) is 9.29 Å². The van der Waals surface area contributed by atoms with Crippen molar-refractivity contribution in [3.8, 4) is 0 Å². The molecule has 1 atom stereocenters. The van der Waals surface area contributed by atoms with Crippen LogP contribution < -0.4 is 0 Å². The van der Waals surface area contributed by atoms with E-state index in [1.54, 1.807) is 16.7 Å². The van der Waals surface area contributed by atoms with Gasteiger partial charge in [-0.1, -0.05) is 30.3 Å². The average molecular weight is 288 g/mol. The van der Waals surface area contributed by atoms with Crippen LogP contribution in [0.3, 0.4) is 0 Å². The zero-order valence-corrected chi connectivity index (χ0v) is 12.0. The van der Waals surface area contributed by atoms with Crippen molar-refractivity contribution in [1.29, 1.82) is 0 Å². The van der Waals surface area contributed by atoms with Gasteiger partial charge >= 0.3 is 0 Å². The van der Waals surface area contributed by atoms with Gasteiger partial charge in [0, 0.05) is 18.9 Å². The SMILES string of the molecule is CS(=O)(=O)N1CCc2ccccc2C1c1cccnc1. The quantitative estimate of drug-likeness (QED) is 0.849. The molecule has 1 aliphatic rings. The summed E-state index contributed by atoms with van der Waals surface area (Å²) in [5.74, 6) is 0. The summed E-state index contributed by atoms with van der Waals surface area (Å²) >= 11 is 0. The number of hydrogen-bond donors (Lipinski definition) is 0. The van der Waals surface area contributed by atoms with E-state index in [9.17, 15) is 8.42 Å².